The van der Waals surface area contributed by atoms with E-state index in [4.69, 9.17) is 15.3 Å². The molecule has 0 fully saturated rings. The highest BCUT2D eigenvalue weighted by molar-refractivity contribution is 5.36. The summed E-state index contributed by atoms with van der Waals surface area (Å²) >= 11 is 0. The predicted molar refractivity (Wildman–Crippen MR) is 64.4 cm³/mol. The lowest BCUT2D eigenvalue weighted by Gasteiger charge is -2.07. The molecule has 0 bridgehead atoms. The third-order valence-electron chi connectivity index (χ3n) is 2.39. The van der Waals surface area contributed by atoms with E-state index < -0.39 is 5.82 Å². The predicted octanol–water partition coefficient (Wildman–Crippen LogP) is 2.54. The number of hydrogen-bond donors (Lipinski definition) is 0. The molecule has 0 spiro atoms. The smallest absolute Gasteiger partial charge is 0.166 e. The molecule has 0 aliphatic heterocycles. The van der Waals surface area contributed by atoms with Gasteiger partial charge in [-0.15, -0.1) is 0 Å². The van der Waals surface area contributed by atoms with Crippen molar-refractivity contribution in [2.24, 2.45) is 0 Å². The number of nitrogens with zero attached hydrogens (tertiary/aromatic N) is 3. The molecule has 19 heavy (non-hydrogen) atoms. The Morgan fingerprint density at radius 2 is 2.00 bits per heavy atom. The maximum absolute atomic E-state index is 13.5. The monoisotopic (exact) mass is 253 g/mol. The van der Waals surface area contributed by atoms with Gasteiger partial charge in [0, 0.05) is 6.20 Å². The van der Waals surface area contributed by atoms with Gasteiger partial charge in [0.25, 0.3) is 0 Å². The molecule has 4 nitrogen and oxygen atoms in total. The van der Waals surface area contributed by atoms with E-state index in [0.29, 0.717) is 0 Å². The molecule has 2 rings (SSSR count). The minimum absolute atomic E-state index is 0.0642. The van der Waals surface area contributed by atoms with Crippen LogP contribution in [0.15, 0.2) is 36.5 Å². The molecular formula is C14H8FN3O. The highest BCUT2D eigenvalue weighted by Crippen LogP contribution is 2.19. The standard InChI is InChI=1S/C14H8FN3O/c15-13-6-10(7-16)1-2-14(13)19-9-11-3-4-18-12(5-11)8-17/h1-6H,9H2. The molecule has 1 heterocycles. The summed E-state index contributed by atoms with van der Waals surface area (Å²) in [5.41, 5.74) is 1.23. The van der Waals surface area contributed by atoms with Gasteiger partial charge in [0.2, 0.25) is 0 Å². The van der Waals surface area contributed by atoms with Crippen LogP contribution in [0.25, 0.3) is 0 Å². The van der Waals surface area contributed by atoms with E-state index in [1.165, 1.54) is 18.3 Å². The quantitative estimate of drug-likeness (QED) is 0.842. The average molecular weight is 253 g/mol. The van der Waals surface area contributed by atoms with Crippen LogP contribution in [0, 0.1) is 28.5 Å². The number of hydrogen-bond acceptors (Lipinski definition) is 4. The Hall–Kier alpha value is -2.92. The number of benzene rings is 1. The fraction of sp³-hybridized carbons (Fsp3) is 0.0714. The second-order valence-corrected chi connectivity index (χ2v) is 3.71. The van der Waals surface area contributed by atoms with Crippen LogP contribution in [0.5, 0.6) is 5.75 Å². The Morgan fingerprint density at radius 3 is 2.68 bits per heavy atom. The third kappa shape index (κ3) is 3.05. The summed E-state index contributed by atoms with van der Waals surface area (Å²) in [5, 5.41) is 17.3. The first kappa shape index (κ1) is 12.5. The van der Waals surface area contributed by atoms with Gasteiger partial charge < -0.3 is 4.74 Å². The van der Waals surface area contributed by atoms with Crippen LogP contribution in [-0.2, 0) is 6.61 Å². The van der Waals surface area contributed by atoms with Gasteiger partial charge in [-0.25, -0.2) is 9.37 Å². The molecule has 0 atom stereocenters. The first-order chi connectivity index (χ1) is 9.22. The lowest BCUT2D eigenvalue weighted by Crippen LogP contribution is -1.98. The van der Waals surface area contributed by atoms with Gasteiger partial charge in [-0.05, 0) is 35.9 Å². The van der Waals surface area contributed by atoms with Crippen molar-refractivity contribution in [3.63, 3.8) is 0 Å². The lowest BCUT2D eigenvalue weighted by molar-refractivity contribution is 0.290. The summed E-state index contributed by atoms with van der Waals surface area (Å²) in [4.78, 5) is 3.83. The van der Waals surface area contributed by atoms with Crippen molar-refractivity contribution in [2.75, 3.05) is 0 Å². The molecule has 1 aromatic heterocycles. The SMILES string of the molecule is N#Cc1ccc(OCc2ccnc(C#N)c2)c(F)c1. The number of halogens is 1. The van der Waals surface area contributed by atoms with Crippen LogP contribution in [-0.4, -0.2) is 4.98 Å². The number of aromatic nitrogens is 1. The largest absolute Gasteiger partial charge is 0.486 e. The molecule has 1 aromatic carbocycles. The topological polar surface area (TPSA) is 69.7 Å². The van der Waals surface area contributed by atoms with Crippen molar-refractivity contribution in [3.05, 3.63) is 59.2 Å². The summed E-state index contributed by atoms with van der Waals surface area (Å²) in [7, 11) is 0. The molecule has 92 valence electrons. The van der Waals surface area contributed by atoms with Gasteiger partial charge in [-0.1, -0.05) is 0 Å². The van der Waals surface area contributed by atoms with E-state index in [9.17, 15) is 4.39 Å². The first-order valence-electron chi connectivity index (χ1n) is 5.40. The summed E-state index contributed by atoms with van der Waals surface area (Å²) in [5.74, 6) is -0.525. The van der Waals surface area contributed by atoms with E-state index in [0.717, 1.165) is 11.6 Å². The zero-order valence-corrected chi connectivity index (χ0v) is 9.80. The second kappa shape index (κ2) is 5.61. The van der Waals surface area contributed by atoms with Crippen molar-refractivity contribution in [3.8, 4) is 17.9 Å². The normalized spacial score (nSPS) is 9.42. The van der Waals surface area contributed by atoms with Crippen LogP contribution in [0.2, 0.25) is 0 Å². The van der Waals surface area contributed by atoms with Gasteiger partial charge in [-0.2, -0.15) is 10.5 Å². The molecule has 0 saturated heterocycles. The molecule has 0 unspecified atom stereocenters. The maximum atomic E-state index is 13.5. The van der Waals surface area contributed by atoms with Crippen molar-refractivity contribution >= 4 is 0 Å². The highest BCUT2D eigenvalue weighted by atomic mass is 19.1. The van der Waals surface area contributed by atoms with Crippen LogP contribution >= 0.6 is 0 Å². The van der Waals surface area contributed by atoms with Gasteiger partial charge in [0.15, 0.2) is 11.6 Å². The summed E-state index contributed by atoms with van der Waals surface area (Å²) < 4.78 is 18.8. The summed E-state index contributed by atoms with van der Waals surface area (Å²) in [6.07, 6.45) is 1.49. The Morgan fingerprint density at radius 1 is 1.16 bits per heavy atom. The van der Waals surface area contributed by atoms with E-state index in [2.05, 4.69) is 4.98 Å². The Bertz CT molecular complexity index is 686. The molecule has 0 saturated carbocycles. The van der Waals surface area contributed by atoms with Crippen LogP contribution < -0.4 is 4.74 Å². The van der Waals surface area contributed by atoms with Gasteiger partial charge in [0.1, 0.15) is 18.4 Å². The van der Waals surface area contributed by atoms with Crippen LogP contribution in [0.3, 0.4) is 0 Å². The first-order valence-corrected chi connectivity index (χ1v) is 5.40. The maximum Gasteiger partial charge on any atom is 0.166 e. The Labute approximate surface area is 109 Å². The van der Waals surface area contributed by atoms with E-state index in [1.54, 1.807) is 12.1 Å². The molecule has 0 N–H and O–H groups in total. The van der Waals surface area contributed by atoms with Crippen molar-refractivity contribution < 1.29 is 9.13 Å². The molecule has 0 aliphatic rings. The van der Waals surface area contributed by atoms with Crippen molar-refractivity contribution in [1.82, 2.24) is 4.98 Å². The summed E-state index contributed by atoms with van der Waals surface area (Å²) in [6, 6.07) is 11.0. The van der Waals surface area contributed by atoms with E-state index >= 15 is 0 Å². The molecule has 0 aliphatic carbocycles. The minimum atomic E-state index is -0.589. The number of ether oxygens (including phenoxy) is 1. The highest BCUT2D eigenvalue weighted by Gasteiger charge is 2.05. The van der Waals surface area contributed by atoms with E-state index in [-0.39, 0.29) is 23.6 Å². The minimum Gasteiger partial charge on any atom is -0.486 e. The molecule has 5 heteroatoms. The second-order valence-electron chi connectivity index (χ2n) is 3.71. The van der Waals surface area contributed by atoms with Gasteiger partial charge in [-0.3, -0.25) is 0 Å². The number of rotatable bonds is 3. The zero-order chi connectivity index (χ0) is 13.7. The van der Waals surface area contributed by atoms with Crippen LogP contribution in [0.4, 0.5) is 4.39 Å². The van der Waals surface area contributed by atoms with Crippen molar-refractivity contribution in [2.45, 2.75) is 6.61 Å². The van der Waals surface area contributed by atoms with Gasteiger partial charge >= 0.3 is 0 Å². The Balaban J connectivity index is 2.11. The molecule has 0 radical (unpaired) electrons. The lowest BCUT2D eigenvalue weighted by atomic mass is 10.2. The Kier molecular flexibility index (Phi) is 3.70. The van der Waals surface area contributed by atoms with Gasteiger partial charge in [0.05, 0.1) is 11.6 Å². The molecule has 2 aromatic rings. The van der Waals surface area contributed by atoms with E-state index in [1.807, 2.05) is 12.1 Å². The summed E-state index contributed by atoms with van der Waals surface area (Å²) in [6.45, 7) is 0.125. The van der Waals surface area contributed by atoms with Crippen LogP contribution in [0.1, 0.15) is 16.8 Å². The third-order valence-corrected chi connectivity index (χ3v) is 2.39. The fourth-order valence-electron chi connectivity index (χ4n) is 1.47. The fourth-order valence-corrected chi connectivity index (χ4v) is 1.47. The zero-order valence-electron chi connectivity index (χ0n) is 9.80. The number of pyridine rings is 1. The number of nitriles is 2. The average Bonchev–Trinajstić information content (AvgIpc) is 2.46. The molecule has 0 amide bonds. The molecular weight excluding hydrogens is 245 g/mol. The van der Waals surface area contributed by atoms with Crippen molar-refractivity contribution in [1.29, 1.82) is 10.5 Å².